The van der Waals surface area contributed by atoms with Crippen molar-refractivity contribution in [1.29, 1.82) is 0 Å². The van der Waals surface area contributed by atoms with Gasteiger partial charge < -0.3 is 29.5 Å². The van der Waals surface area contributed by atoms with E-state index in [1.807, 2.05) is 48.5 Å². The minimum Gasteiger partial charge on any atom is -0.481 e. The van der Waals surface area contributed by atoms with Gasteiger partial charge in [0.1, 0.15) is 12.6 Å². The van der Waals surface area contributed by atoms with E-state index in [2.05, 4.69) is 5.32 Å². The third-order valence-corrected chi connectivity index (χ3v) is 5.75. The Bertz CT molecular complexity index is 957. The molecule has 9 heteroatoms. The second-order valence-electron chi connectivity index (χ2n) is 7.93. The molecule has 0 aromatic heterocycles. The monoisotopic (exact) mass is 470 g/mol. The van der Waals surface area contributed by atoms with Crippen molar-refractivity contribution in [2.75, 3.05) is 47.1 Å². The summed E-state index contributed by atoms with van der Waals surface area (Å²) in [5.41, 5.74) is 4.30. The smallest absolute Gasteiger partial charge is 0.407 e. The highest BCUT2D eigenvalue weighted by Crippen LogP contribution is 2.44. The zero-order valence-electron chi connectivity index (χ0n) is 19.4. The topological polar surface area (TPSA) is 114 Å². The first-order chi connectivity index (χ1) is 16.5. The van der Waals surface area contributed by atoms with E-state index in [1.165, 1.54) is 19.1 Å². The van der Waals surface area contributed by atoms with E-state index in [4.69, 9.17) is 14.2 Å². The molecule has 1 aliphatic carbocycles. The SMILES string of the molecule is COCCN(CCOC)C(=O)C(CC(=O)O)NC(=O)OCC1c2ccccc2-c2ccccc21. The summed E-state index contributed by atoms with van der Waals surface area (Å²) in [4.78, 5) is 38.4. The third kappa shape index (κ3) is 6.12. The van der Waals surface area contributed by atoms with Crippen molar-refractivity contribution < 1.29 is 33.7 Å². The zero-order chi connectivity index (χ0) is 24.5. The number of alkyl carbamates (subject to hydrolysis) is 1. The molecule has 2 N–H and O–H groups in total. The van der Waals surface area contributed by atoms with Gasteiger partial charge in [-0.15, -0.1) is 0 Å². The van der Waals surface area contributed by atoms with Crippen LogP contribution < -0.4 is 5.32 Å². The predicted molar refractivity (Wildman–Crippen MR) is 125 cm³/mol. The van der Waals surface area contributed by atoms with Gasteiger partial charge in [-0.05, 0) is 22.3 Å². The van der Waals surface area contributed by atoms with Crippen molar-refractivity contribution >= 4 is 18.0 Å². The van der Waals surface area contributed by atoms with Gasteiger partial charge >= 0.3 is 12.1 Å². The van der Waals surface area contributed by atoms with E-state index >= 15 is 0 Å². The quantitative estimate of drug-likeness (QED) is 0.490. The van der Waals surface area contributed by atoms with Crippen LogP contribution in [0.3, 0.4) is 0 Å². The number of methoxy groups -OCH3 is 2. The molecule has 0 radical (unpaired) electrons. The normalized spacial score (nSPS) is 13.0. The molecule has 0 aliphatic heterocycles. The van der Waals surface area contributed by atoms with Crippen molar-refractivity contribution in [3.05, 3.63) is 59.7 Å². The fourth-order valence-electron chi connectivity index (χ4n) is 4.11. The van der Waals surface area contributed by atoms with Crippen molar-refractivity contribution in [1.82, 2.24) is 10.2 Å². The summed E-state index contributed by atoms with van der Waals surface area (Å²) in [6.45, 7) is 1.06. The molecular weight excluding hydrogens is 440 g/mol. The number of ether oxygens (including phenoxy) is 3. The van der Waals surface area contributed by atoms with Crippen LogP contribution in [0, 0.1) is 0 Å². The number of nitrogens with one attached hydrogen (secondary N) is 1. The summed E-state index contributed by atoms with van der Waals surface area (Å²) in [5, 5.41) is 11.7. The number of hydrogen-bond donors (Lipinski definition) is 2. The molecule has 1 unspecified atom stereocenters. The number of fused-ring (bicyclic) bond motifs is 3. The van der Waals surface area contributed by atoms with Crippen LogP contribution in [-0.2, 0) is 23.8 Å². The maximum atomic E-state index is 13.0. The number of aliphatic carboxylic acids is 1. The summed E-state index contributed by atoms with van der Waals surface area (Å²) in [7, 11) is 3.01. The average Bonchev–Trinajstić information content (AvgIpc) is 3.15. The summed E-state index contributed by atoms with van der Waals surface area (Å²) in [6, 6.07) is 14.6. The Morgan fingerprint density at radius 1 is 0.941 bits per heavy atom. The third-order valence-electron chi connectivity index (χ3n) is 5.75. The first kappa shape index (κ1) is 25.2. The number of rotatable bonds is 12. The van der Waals surface area contributed by atoms with Gasteiger partial charge in [0.15, 0.2) is 0 Å². The molecule has 0 bridgehead atoms. The van der Waals surface area contributed by atoms with Crippen LogP contribution in [0.5, 0.6) is 0 Å². The molecule has 0 saturated carbocycles. The molecule has 0 saturated heterocycles. The summed E-state index contributed by atoms with van der Waals surface area (Å²) < 4.78 is 15.5. The number of carbonyl (C=O) groups excluding carboxylic acids is 2. The van der Waals surface area contributed by atoms with E-state index in [-0.39, 0.29) is 38.8 Å². The minimum absolute atomic E-state index is 0.0604. The van der Waals surface area contributed by atoms with Crippen LogP contribution in [-0.4, -0.2) is 81.1 Å². The van der Waals surface area contributed by atoms with Gasteiger partial charge in [-0.1, -0.05) is 48.5 Å². The minimum atomic E-state index is -1.28. The van der Waals surface area contributed by atoms with Gasteiger partial charge in [0.05, 0.1) is 19.6 Å². The molecule has 2 aromatic carbocycles. The Balaban J connectivity index is 1.68. The number of carboxylic acids is 1. The molecule has 182 valence electrons. The number of carbonyl (C=O) groups is 3. The van der Waals surface area contributed by atoms with Crippen molar-refractivity contribution in [2.45, 2.75) is 18.4 Å². The maximum absolute atomic E-state index is 13.0. The zero-order valence-corrected chi connectivity index (χ0v) is 19.4. The van der Waals surface area contributed by atoms with Crippen molar-refractivity contribution in [2.24, 2.45) is 0 Å². The van der Waals surface area contributed by atoms with E-state index in [0.717, 1.165) is 22.3 Å². The highest BCUT2D eigenvalue weighted by atomic mass is 16.5. The molecule has 2 amide bonds. The Labute approximate surface area is 198 Å². The first-order valence-corrected chi connectivity index (χ1v) is 11.1. The molecule has 3 rings (SSSR count). The van der Waals surface area contributed by atoms with Gasteiger partial charge in [0.25, 0.3) is 0 Å². The Morgan fingerprint density at radius 3 is 1.97 bits per heavy atom. The van der Waals surface area contributed by atoms with Crippen LogP contribution in [0.1, 0.15) is 23.5 Å². The summed E-state index contributed by atoms with van der Waals surface area (Å²) in [6.07, 6.45) is -1.42. The van der Waals surface area contributed by atoms with E-state index in [1.54, 1.807) is 0 Å². The van der Waals surface area contributed by atoms with Gasteiger partial charge in [0.2, 0.25) is 5.91 Å². The molecule has 0 fully saturated rings. The predicted octanol–water partition coefficient (Wildman–Crippen LogP) is 2.49. The molecule has 0 heterocycles. The molecule has 34 heavy (non-hydrogen) atoms. The summed E-state index contributed by atoms with van der Waals surface area (Å²) in [5.74, 6) is -1.90. The van der Waals surface area contributed by atoms with E-state index in [9.17, 15) is 19.5 Å². The van der Waals surface area contributed by atoms with Gasteiger partial charge in [-0.2, -0.15) is 0 Å². The lowest BCUT2D eigenvalue weighted by Gasteiger charge is -2.27. The lowest BCUT2D eigenvalue weighted by atomic mass is 9.98. The van der Waals surface area contributed by atoms with Gasteiger partial charge in [-0.25, -0.2) is 4.79 Å². The van der Waals surface area contributed by atoms with E-state index in [0.29, 0.717) is 0 Å². The molecule has 2 aromatic rings. The number of nitrogens with zero attached hydrogens (tertiary/aromatic N) is 1. The lowest BCUT2D eigenvalue weighted by Crippen LogP contribution is -2.51. The van der Waals surface area contributed by atoms with Crippen molar-refractivity contribution in [3.63, 3.8) is 0 Å². The molecule has 1 aliphatic rings. The average molecular weight is 471 g/mol. The second-order valence-corrected chi connectivity index (χ2v) is 7.93. The summed E-state index contributed by atoms with van der Waals surface area (Å²) >= 11 is 0. The Kier molecular flexibility index (Phi) is 9.00. The van der Waals surface area contributed by atoms with Crippen LogP contribution in [0.2, 0.25) is 0 Å². The number of hydrogen-bond acceptors (Lipinski definition) is 6. The fraction of sp³-hybridized carbons (Fsp3) is 0.400. The second kappa shape index (κ2) is 12.2. The fourth-order valence-corrected chi connectivity index (χ4v) is 4.11. The highest BCUT2D eigenvalue weighted by molar-refractivity contribution is 5.89. The van der Waals surface area contributed by atoms with Crippen LogP contribution in [0.25, 0.3) is 11.1 Å². The number of amides is 2. The van der Waals surface area contributed by atoms with Gasteiger partial charge in [-0.3, -0.25) is 9.59 Å². The Hall–Kier alpha value is -3.43. The van der Waals surface area contributed by atoms with Crippen LogP contribution in [0.4, 0.5) is 4.79 Å². The standard InChI is InChI=1S/C25H30N2O7/c1-32-13-11-27(12-14-33-2)24(30)22(15-23(28)29)26-25(31)34-16-21-19-9-5-3-7-17(19)18-8-4-6-10-20(18)21/h3-10,21-22H,11-16H2,1-2H3,(H,26,31)(H,28,29). The first-order valence-electron chi connectivity index (χ1n) is 11.1. The maximum Gasteiger partial charge on any atom is 0.407 e. The Morgan fingerprint density at radius 2 is 1.47 bits per heavy atom. The molecule has 0 spiro atoms. The molecular formula is C25H30N2O7. The van der Waals surface area contributed by atoms with Crippen molar-refractivity contribution in [3.8, 4) is 11.1 Å². The number of benzene rings is 2. The van der Waals surface area contributed by atoms with Crippen LogP contribution >= 0.6 is 0 Å². The van der Waals surface area contributed by atoms with Crippen LogP contribution in [0.15, 0.2) is 48.5 Å². The molecule has 9 nitrogen and oxygen atoms in total. The molecule has 1 atom stereocenters. The lowest BCUT2D eigenvalue weighted by molar-refractivity contribution is -0.143. The number of carboxylic acid groups (broad SMARTS) is 1. The van der Waals surface area contributed by atoms with Gasteiger partial charge in [0, 0.05) is 33.2 Å². The van der Waals surface area contributed by atoms with E-state index < -0.39 is 30.4 Å². The largest absolute Gasteiger partial charge is 0.481 e. The highest BCUT2D eigenvalue weighted by Gasteiger charge is 2.31.